The molecule has 0 saturated carbocycles. The van der Waals surface area contributed by atoms with E-state index in [0.29, 0.717) is 6.42 Å². The van der Waals surface area contributed by atoms with E-state index in [-0.39, 0.29) is 24.9 Å². The van der Waals surface area contributed by atoms with E-state index in [1.807, 2.05) is 12.2 Å². The number of nitrogens with zero attached hydrogens (tertiary/aromatic N) is 1. The van der Waals surface area contributed by atoms with Gasteiger partial charge in [-0.05, 0) is 18.8 Å². The third kappa shape index (κ3) is 3.11. The molecule has 1 atom stereocenters. The predicted octanol–water partition coefficient (Wildman–Crippen LogP) is 2.26. The summed E-state index contributed by atoms with van der Waals surface area (Å²) in [5.74, 6) is 0.108. The normalized spacial score (nSPS) is 26.7. The molecule has 0 radical (unpaired) electrons. The van der Waals surface area contributed by atoms with Gasteiger partial charge in [0, 0.05) is 32.4 Å². The zero-order valence-corrected chi connectivity index (χ0v) is 10.6. The Kier molecular flexibility index (Phi) is 3.90. The van der Waals surface area contributed by atoms with E-state index in [1.165, 1.54) is 4.90 Å². The maximum atomic E-state index is 12.6. The van der Waals surface area contributed by atoms with Crippen LogP contribution in [-0.2, 0) is 4.79 Å². The fourth-order valence-corrected chi connectivity index (χ4v) is 2.63. The smallest absolute Gasteiger partial charge is 0.380 e. The van der Waals surface area contributed by atoms with Crippen LogP contribution in [0.1, 0.15) is 32.1 Å². The number of piperidine rings is 1. The minimum absolute atomic E-state index is 0.0225. The third-order valence-electron chi connectivity index (χ3n) is 4.02. The molecule has 0 bridgehead atoms. The minimum Gasteiger partial charge on any atom is -0.380 e. The fraction of sp³-hybridized carbons (Fsp3) is 0.769. The van der Waals surface area contributed by atoms with Gasteiger partial charge in [-0.15, -0.1) is 0 Å². The number of alkyl halides is 3. The summed E-state index contributed by atoms with van der Waals surface area (Å²) in [6, 6.07) is 0. The van der Waals surface area contributed by atoms with Crippen molar-refractivity contribution in [1.29, 1.82) is 0 Å². The number of allylic oxidation sites excluding steroid dienone is 2. The van der Waals surface area contributed by atoms with Gasteiger partial charge in [0.25, 0.3) is 0 Å². The largest absolute Gasteiger partial charge is 0.417 e. The van der Waals surface area contributed by atoms with Crippen LogP contribution in [0, 0.1) is 5.92 Å². The van der Waals surface area contributed by atoms with Crippen molar-refractivity contribution >= 4 is 5.91 Å². The van der Waals surface area contributed by atoms with E-state index in [9.17, 15) is 23.1 Å². The van der Waals surface area contributed by atoms with Crippen LogP contribution in [-0.4, -0.2) is 40.8 Å². The molecule has 1 N–H and O–H groups in total. The van der Waals surface area contributed by atoms with Crippen molar-refractivity contribution in [1.82, 2.24) is 4.90 Å². The van der Waals surface area contributed by atoms with Crippen LogP contribution < -0.4 is 0 Å². The number of halogens is 3. The summed E-state index contributed by atoms with van der Waals surface area (Å²) < 4.78 is 37.9. The monoisotopic (exact) mass is 277 g/mol. The summed E-state index contributed by atoms with van der Waals surface area (Å²) in [5.41, 5.74) is -2.63. The lowest BCUT2D eigenvalue weighted by Gasteiger charge is -2.39. The number of carbonyl (C=O) groups excluding carboxylic acids is 1. The van der Waals surface area contributed by atoms with E-state index in [4.69, 9.17) is 0 Å². The number of amides is 1. The summed E-state index contributed by atoms with van der Waals surface area (Å²) in [5, 5.41) is 9.52. The van der Waals surface area contributed by atoms with Gasteiger partial charge >= 0.3 is 6.18 Å². The molecule has 6 heteroatoms. The second-order valence-electron chi connectivity index (χ2n) is 5.38. The number of hydrogen-bond donors (Lipinski definition) is 1. The molecule has 0 aromatic rings. The van der Waals surface area contributed by atoms with E-state index >= 15 is 0 Å². The van der Waals surface area contributed by atoms with Crippen molar-refractivity contribution < 1.29 is 23.1 Å². The Bertz CT molecular complexity index is 371. The SMILES string of the molecule is O=C(CC1C=CCC1)N1CCC(O)(C(F)(F)F)CC1. The Hall–Kier alpha value is -1.04. The van der Waals surface area contributed by atoms with Crippen LogP contribution in [0.25, 0.3) is 0 Å². The van der Waals surface area contributed by atoms with Gasteiger partial charge in [-0.25, -0.2) is 0 Å². The van der Waals surface area contributed by atoms with Crippen molar-refractivity contribution in [2.45, 2.75) is 43.9 Å². The Morgan fingerprint density at radius 2 is 2.00 bits per heavy atom. The van der Waals surface area contributed by atoms with Crippen molar-refractivity contribution in [2.75, 3.05) is 13.1 Å². The van der Waals surface area contributed by atoms with Crippen LogP contribution >= 0.6 is 0 Å². The molecule has 0 spiro atoms. The highest BCUT2D eigenvalue weighted by Gasteiger charge is 2.54. The Balaban J connectivity index is 1.86. The van der Waals surface area contributed by atoms with Gasteiger partial charge in [0.2, 0.25) is 5.91 Å². The van der Waals surface area contributed by atoms with Gasteiger partial charge in [-0.2, -0.15) is 13.2 Å². The molecule has 1 heterocycles. The van der Waals surface area contributed by atoms with Crippen molar-refractivity contribution in [3.05, 3.63) is 12.2 Å². The number of likely N-dealkylation sites (tertiary alicyclic amines) is 1. The summed E-state index contributed by atoms with van der Waals surface area (Å²) in [7, 11) is 0. The molecule has 3 nitrogen and oxygen atoms in total. The molecule has 1 fully saturated rings. The van der Waals surface area contributed by atoms with Gasteiger partial charge in [0.1, 0.15) is 0 Å². The maximum absolute atomic E-state index is 12.6. The highest BCUT2D eigenvalue weighted by atomic mass is 19.4. The first-order chi connectivity index (χ1) is 8.82. The summed E-state index contributed by atoms with van der Waals surface area (Å²) in [6.07, 6.45) is 0.811. The van der Waals surface area contributed by atoms with Crippen LogP contribution in [0.2, 0.25) is 0 Å². The lowest BCUT2D eigenvalue weighted by molar-refractivity contribution is -0.272. The van der Waals surface area contributed by atoms with Gasteiger partial charge in [-0.3, -0.25) is 4.79 Å². The van der Waals surface area contributed by atoms with Gasteiger partial charge < -0.3 is 10.0 Å². The van der Waals surface area contributed by atoms with Crippen LogP contribution in [0.5, 0.6) is 0 Å². The summed E-state index contributed by atoms with van der Waals surface area (Å²) in [4.78, 5) is 13.4. The molecule has 19 heavy (non-hydrogen) atoms. The fourth-order valence-electron chi connectivity index (χ4n) is 2.63. The summed E-state index contributed by atoms with van der Waals surface area (Å²) >= 11 is 0. The van der Waals surface area contributed by atoms with Gasteiger partial charge in [0.05, 0.1) is 0 Å². The van der Waals surface area contributed by atoms with E-state index in [1.54, 1.807) is 0 Å². The molecule has 2 rings (SSSR count). The lowest BCUT2D eigenvalue weighted by Crippen LogP contribution is -2.54. The highest BCUT2D eigenvalue weighted by Crippen LogP contribution is 2.38. The molecular weight excluding hydrogens is 259 g/mol. The molecule has 1 aliphatic carbocycles. The number of carbonyl (C=O) groups is 1. The number of hydrogen-bond acceptors (Lipinski definition) is 2. The first kappa shape index (κ1) is 14.4. The van der Waals surface area contributed by atoms with Gasteiger partial charge in [-0.1, -0.05) is 12.2 Å². The number of aliphatic hydroxyl groups is 1. The van der Waals surface area contributed by atoms with E-state index in [2.05, 4.69) is 0 Å². The zero-order chi connectivity index (χ0) is 14.1. The Morgan fingerprint density at radius 1 is 1.37 bits per heavy atom. The lowest BCUT2D eigenvalue weighted by atomic mass is 9.90. The Labute approximate surface area is 110 Å². The van der Waals surface area contributed by atoms with E-state index < -0.39 is 24.6 Å². The summed E-state index contributed by atoms with van der Waals surface area (Å²) in [6.45, 7) is -0.0451. The topological polar surface area (TPSA) is 40.5 Å². The standard InChI is InChI=1S/C13H18F3NO2/c14-13(15,16)12(19)5-7-17(8-6-12)11(18)9-10-3-1-2-4-10/h1,3,10,19H,2,4-9H2. The highest BCUT2D eigenvalue weighted by molar-refractivity contribution is 5.76. The number of rotatable bonds is 2. The third-order valence-corrected chi connectivity index (χ3v) is 4.02. The molecule has 0 aromatic heterocycles. The molecule has 1 saturated heterocycles. The maximum Gasteiger partial charge on any atom is 0.417 e. The molecule has 2 aliphatic rings. The first-order valence-electron chi connectivity index (χ1n) is 6.55. The predicted molar refractivity (Wildman–Crippen MR) is 63.3 cm³/mol. The van der Waals surface area contributed by atoms with Crippen LogP contribution in [0.3, 0.4) is 0 Å². The minimum atomic E-state index is -4.61. The molecule has 1 unspecified atom stereocenters. The molecule has 108 valence electrons. The molecular formula is C13H18F3NO2. The molecule has 0 aromatic carbocycles. The molecule has 1 amide bonds. The van der Waals surface area contributed by atoms with Crippen LogP contribution in [0.4, 0.5) is 13.2 Å². The van der Waals surface area contributed by atoms with Gasteiger partial charge in [0.15, 0.2) is 5.60 Å². The first-order valence-corrected chi connectivity index (χ1v) is 6.55. The second-order valence-corrected chi connectivity index (χ2v) is 5.38. The zero-order valence-electron chi connectivity index (χ0n) is 10.6. The van der Waals surface area contributed by atoms with Crippen molar-refractivity contribution in [3.8, 4) is 0 Å². The van der Waals surface area contributed by atoms with Crippen LogP contribution in [0.15, 0.2) is 12.2 Å². The average Bonchev–Trinajstić information content (AvgIpc) is 2.81. The van der Waals surface area contributed by atoms with E-state index in [0.717, 1.165) is 12.8 Å². The second kappa shape index (κ2) is 5.15. The Morgan fingerprint density at radius 3 is 2.47 bits per heavy atom. The molecule has 1 aliphatic heterocycles. The average molecular weight is 277 g/mol. The quantitative estimate of drug-likeness (QED) is 0.787. The van der Waals surface area contributed by atoms with Crippen molar-refractivity contribution in [3.63, 3.8) is 0 Å². The van der Waals surface area contributed by atoms with Crippen molar-refractivity contribution in [2.24, 2.45) is 5.92 Å².